The Kier molecular flexibility index (Phi) is 4.20. The summed E-state index contributed by atoms with van der Waals surface area (Å²) in [5, 5.41) is 14.6. The fraction of sp³-hybridized carbons (Fsp3) is 0.350. The number of aryl methyl sites for hydroxylation is 1. The summed E-state index contributed by atoms with van der Waals surface area (Å²) in [6.07, 6.45) is -4.79. The lowest BCUT2D eigenvalue weighted by Gasteiger charge is -2.26. The number of carbonyl (C=O) groups is 1. The molecule has 2 aliphatic heterocycles. The summed E-state index contributed by atoms with van der Waals surface area (Å²) < 4.78 is 42.1. The summed E-state index contributed by atoms with van der Waals surface area (Å²) in [5.41, 5.74) is -0.549. The fourth-order valence-electron chi connectivity index (χ4n) is 4.62. The van der Waals surface area contributed by atoms with Crippen molar-refractivity contribution in [2.75, 3.05) is 11.9 Å². The van der Waals surface area contributed by atoms with Gasteiger partial charge < -0.3 is 4.90 Å². The van der Waals surface area contributed by atoms with E-state index in [9.17, 15) is 28.1 Å². The fourth-order valence-corrected chi connectivity index (χ4v) is 4.62. The highest BCUT2D eigenvalue weighted by Crippen LogP contribution is 2.53. The molecule has 4 rings (SSSR count). The molecule has 4 atom stereocenters. The maximum atomic E-state index is 14.0. The predicted molar refractivity (Wildman–Crippen MR) is 99.2 cm³/mol. The molecule has 1 amide bonds. The number of nitro groups is 1. The molecule has 0 radical (unpaired) electrons. The number of para-hydroxylation sites is 1. The van der Waals surface area contributed by atoms with Crippen molar-refractivity contribution in [2.45, 2.75) is 36.6 Å². The van der Waals surface area contributed by atoms with Gasteiger partial charge in [0.15, 0.2) is 5.54 Å². The van der Waals surface area contributed by atoms with Crippen molar-refractivity contribution in [3.05, 3.63) is 75.3 Å². The lowest BCUT2D eigenvalue weighted by molar-refractivity contribution is -0.532. The van der Waals surface area contributed by atoms with Crippen LogP contribution in [0.1, 0.15) is 22.6 Å². The largest absolute Gasteiger partial charge is 0.404 e. The Morgan fingerprint density at radius 2 is 1.76 bits per heavy atom. The molecule has 1 N–H and O–H groups in total. The van der Waals surface area contributed by atoms with Crippen LogP contribution in [0.15, 0.2) is 48.5 Å². The van der Waals surface area contributed by atoms with Crippen LogP contribution in [-0.2, 0) is 10.3 Å². The number of nitrogens with one attached hydrogen (secondary N) is 1. The first kappa shape index (κ1) is 19.4. The molecule has 29 heavy (non-hydrogen) atoms. The van der Waals surface area contributed by atoms with Crippen molar-refractivity contribution >= 4 is 11.6 Å². The number of amides is 1. The normalized spacial score (nSPS) is 28.8. The van der Waals surface area contributed by atoms with Gasteiger partial charge in [0, 0.05) is 23.2 Å². The van der Waals surface area contributed by atoms with E-state index in [4.69, 9.17) is 0 Å². The minimum Gasteiger partial charge on any atom is -0.313 e. The molecule has 9 heteroatoms. The zero-order valence-corrected chi connectivity index (χ0v) is 15.6. The average Bonchev–Trinajstić information content (AvgIpc) is 3.14. The van der Waals surface area contributed by atoms with E-state index in [2.05, 4.69) is 5.32 Å². The van der Waals surface area contributed by atoms with Gasteiger partial charge in [0.05, 0.1) is 5.92 Å². The Bertz CT molecular complexity index is 992. The zero-order chi connectivity index (χ0) is 21.1. The first-order chi connectivity index (χ1) is 13.6. The van der Waals surface area contributed by atoms with E-state index in [0.717, 1.165) is 5.56 Å². The van der Waals surface area contributed by atoms with Gasteiger partial charge >= 0.3 is 6.18 Å². The van der Waals surface area contributed by atoms with Crippen molar-refractivity contribution in [2.24, 2.45) is 0 Å². The van der Waals surface area contributed by atoms with Crippen LogP contribution in [-0.4, -0.2) is 36.1 Å². The predicted octanol–water partition coefficient (Wildman–Crippen LogP) is 3.13. The second-order valence-electron chi connectivity index (χ2n) is 7.52. The van der Waals surface area contributed by atoms with Crippen LogP contribution < -0.4 is 10.2 Å². The molecular weight excluding hydrogens is 387 g/mol. The van der Waals surface area contributed by atoms with Gasteiger partial charge in [0.1, 0.15) is 6.04 Å². The molecule has 0 unspecified atom stereocenters. The van der Waals surface area contributed by atoms with Crippen molar-refractivity contribution in [3.8, 4) is 0 Å². The number of likely N-dealkylation sites (N-methyl/N-ethyl adjacent to an activating group) is 1. The van der Waals surface area contributed by atoms with Crippen LogP contribution in [0.4, 0.5) is 18.9 Å². The number of carbonyl (C=O) groups excluding carboxylic acids is 1. The summed E-state index contributed by atoms with van der Waals surface area (Å²) in [5.74, 6) is -2.32. The van der Waals surface area contributed by atoms with E-state index in [0.29, 0.717) is 5.69 Å². The number of fused-ring (bicyclic) bond motifs is 2. The highest BCUT2D eigenvalue weighted by Gasteiger charge is 2.73. The highest BCUT2D eigenvalue weighted by atomic mass is 19.4. The van der Waals surface area contributed by atoms with E-state index >= 15 is 0 Å². The molecule has 0 aromatic heterocycles. The van der Waals surface area contributed by atoms with Crippen LogP contribution >= 0.6 is 0 Å². The van der Waals surface area contributed by atoms with Crippen molar-refractivity contribution in [1.29, 1.82) is 0 Å². The molecule has 1 spiro atoms. The van der Waals surface area contributed by atoms with E-state index in [-0.39, 0.29) is 11.1 Å². The van der Waals surface area contributed by atoms with Crippen LogP contribution in [0, 0.1) is 17.0 Å². The van der Waals surface area contributed by atoms with Crippen molar-refractivity contribution < 1.29 is 22.9 Å². The lowest BCUT2D eigenvalue weighted by atomic mass is 9.78. The molecule has 0 bridgehead atoms. The Hall–Kier alpha value is -2.94. The standard InChI is InChI=1S/C20H18F3N3O3/c1-11-7-9-12(10-8-11)15-16(20(21,22)23)24-19(17(15)26(28)29)13-5-3-4-6-14(13)25(2)18(19)27/h3-10,15-17,24H,1-2H3/t15-,16+,17+,19+/m0/s1. The number of rotatable bonds is 2. The number of halogens is 3. The Labute approximate surface area is 164 Å². The third-order valence-electron chi connectivity index (χ3n) is 5.90. The molecule has 1 fully saturated rings. The van der Waals surface area contributed by atoms with Crippen molar-refractivity contribution in [1.82, 2.24) is 5.32 Å². The van der Waals surface area contributed by atoms with E-state index in [1.54, 1.807) is 37.3 Å². The average molecular weight is 405 g/mol. The van der Waals surface area contributed by atoms with Crippen molar-refractivity contribution in [3.63, 3.8) is 0 Å². The SMILES string of the molecule is Cc1ccc([C@H]2[C@H](C(F)(F)F)N[C@@]3(C(=O)N(C)c4ccccc43)[C@@H]2[N+](=O)[O-])cc1. The maximum absolute atomic E-state index is 14.0. The Balaban J connectivity index is 1.98. The third kappa shape index (κ3) is 2.64. The molecule has 2 aliphatic rings. The lowest BCUT2D eigenvalue weighted by Crippen LogP contribution is -2.56. The Morgan fingerprint density at radius 1 is 1.14 bits per heavy atom. The van der Waals surface area contributed by atoms with Gasteiger partial charge in [-0.1, -0.05) is 48.0 Å². The summed E-state index contributed by atoms with van der Waals surface area (Å²) in [4.78, 5) is 25.8. The third-order valence-corrected chi connectivity index (χ3v) is 5.90. The van der Waals surface area contributed by atoms with Crippen LogP contribution in [0.5, 0.6) is 0 Å². The molecular formula is C20H18F3N3O3. The summed E-state index contributed by atoms with van der Waals surface area (Å²) in [6.45, 7) is 1.77. The van der Waals surface area contributed by atoms with Gasteiger partial charge in [-0.2, -0.15) is 13.2 Å². The molecule has 2 heterocycles. The quantitative estimate of drug-likeness (QED) is 0.615. The summed E-state index contributed by atoms with van der Waals surface area (Å²) in [7, 11) is 1.41. The number of hydrogen-bond acceptors (Lipinski definition) is 4. The highest BCUT2D eigenvalue weighted by molar-refractivity contribution is 6.08. The molecule has 1 saturated heterocycles. The number of alkyl halides is 3. The van der Waals surface area contributed by atoms with Gasteiger partial charge in [0.25, 0.3) is 11.9 Å². The van der Waals surface area contributed by atoms with Gasteiger partial charge in [-0.05, 0) is 18.6 Å². The van der Waals surface area contributed by atoms with Crippen LogP contribution in [0.3, 0.4) is 0 Å². The number of hydrogen-bond donors (Lipinski definition) is 1. The number of anilines is 1. The topological polar surface area (TPSA) is 75.5 Å². The Morgan fingerprint density at radius 3 is 2.34 bits per heavy atom. The first-order valence-electron chi connectivity index (χ1n) is 9.01. The van der Waals surface area contributed by atoms with Gasteiger partial charge in [0.2, 0.25) is 0 Å². The minimum atomic E-state index is -4.79. The summed E-state index contributed by atoms with van der Waals surface area (Å²) >= 11 is 0. The molecule has 2 aromatic carbocycles. The van der Waals surface area contributed by atoms with Gasteiger partial charge in [-0.25, -0.2) is 0 Å². The van der Waals surface area contributed by atoms with Crippen LogP contribution in [0.2, 0.25) is 0 Å². The summed E-state index contributed by atoms with van der Waals surface area (Å²) in [6, 6.07) is 8.33. The molecule has 2 aromatic rings. The second-order valence-corrected chi connectivity index (χ2v) is 7.52. The number of benzene rings is 2. The molecule has 0 saturated carbocycles. The zero-order valence-electron chi connectivity index (χ0n) is 15.6. The maximum Gasteiger partial charge on any atom is 0.404 e. The van der Waals surface area contributed by atoms with E-state index < -0.39 is 40.5 Å². The molecule has 6 nitrogen and oxygen atoms in total. The van der Waals surface area contributed by atoms with Gasteiger partial charge in [-0.3, -0.25) is 20.2 Å². The van der Waals surface area contributed by atoms with E-state index in [1.165, 1.54) is 30.1 Å². The van der Waals surface area contributed by atoms with Crippen LogP contribution in [0.25, 0.3) is 0 Å². The minimum absolute atomic E-state index is 0.170. The first-order valence-corrected chi connectivity index (χ1v) is 9.01. The molecule has 152 valence electrons. The molecule has 0 aliphatic carbocycles. The monoisotopic (exact) mass is 405 g/mol. The van der Waals surface area contributed by atoms with Gasteiger partial charge in [-0.15, -0.1) is 0 Å². The van der Waals surface area contributed by atoms with E-state index in [1.807, 2.05) is 0 Å². The smallest absolute Gasteiger partial charge is 0.313 e. The number of nitrogens with zero attached hydrogens (tertiary/aromatic N) is 2. The second kappa shape index (κ2) is 6.28.